The number of hydrogen-bond donors (Lipinski definition) is 1. The molecular weight excluding hydrogens is 150 g/mol. The normalized spacial score (nSPS) is 9.20. The van der Waals surface area contributed by atoms with Gasteiger partial charge in [-0.15, -0.1) is 16.5 Å². The second-order valence-corrected chi connectivity index (χ2v) is 2.47. The maximum absolute atomic E-state index is 5.36. The van der Waals surface area contributed by atoms with Crippen molar-refractivity contribution in [3.8, 4) is 0 Å². The summed E-state index contributed by atoms with van der Waals surface area (Å²) in [6.45, 7) is 3.50. The first-order valence-corrected chi connectivity index (χ1v) is 3.49. The van der Waals surface area contributed by atoms with Crippen LogP contribution in [-0.4, -0.2) is 11.7 Å². The Morgan fingerprint density at radius 1 is 1.90 bits per heavy atom. The zero-order valence-corrected chi connectivity index (χ0v) is 6.10. The highest BCUT2D eigenvalue weighted by Gasteiger charge is 1.96. The van der Waals surface area contributed by atoms with Crippen LogP contribution in [0.25, 0.3) is 0 Å². The predicted octanol–water partition coefficient (Wildman–Crippen LogP) is 0.858. The molecule has 0 atom stereocenters. The Hall–Kier alpha value is -1.10. The summed E-state index contributed by atoms with van der Waals surface area (Å²) in [5.41, 5.74) is 6.14. The number of anilines is 1. The minimum absolute atomic E-state index is 0.344. The van der Waals surface area contributed by atoms with E-state index in [0.717, 1.165) is 5.69 Å². The van der Waals surface area contributed by atoms with Gasteiger partial charge in [-0.2, -0.15) is 0 Å². The summed E-state index contributed by atoms with van der Waals surface area (Å²) in [6.07, 6.45) is 0. The van der Waals surface area contributed by atoms with E-state index in [0.29, 0.717) is 11.7 Å². The van der Waals surface area contributed by atoms with Crippen molar-refractivity contribution in [3.63, 3.8) is 0 Å². The van der Waals surface area contributed by atoms with Crippen LogP contribution in [0.2, 0.25) is 0 Å². The molecule has 1 rings (SSSR count). The Morgan fingerprint density at radius 2 is 2.70 bits per heavy atom. The lowest BCUT2D eigenvalue weighted by molar-refractivity contribution is 0.131. The molecule has 0 aliphatic rings. The van der Waals surface area contributed by atoms with E-state index < -0.39 is 0 Å². The molecule has 1 heterocycles. The molecule has 0 aliphatic carbocycles. The molecule has 0 bridgehead atoms. The van der Waals surface area contributed by atoms with Gasteiger partial charge in [-0.1, -0.05) is 0 Å². The highest BCUT2D eigenvalue weighted by molar-refractivity contribution is 7.13. The summed E-state index contributed by atoms with van der Waals surface area (Å²) in [4.78, 5) is 8.57. The number of rotatable bonds is 3. The van der Waals surface area contributed by atoms with E-state index in [1.54, 1.807) is 0 Å². The molecule has 1 aromatic rings. The lowest BCUT2D eigenvalue weighted by Gasteiger charge is -1.90. The smallest absolute Gasteiger partial charge is 0.180 e. The molecule has 5 heteroatoms. The number of aromatic nitrogens is 1. The Kier molecular flexibility index (Phi) is 2.22. The van der Waals surface area contributed by atoms with Crippen molar-refractivity contribution in [1.82, 2.24) is 4.98 Å². The van der Waals surface area contributed by atoms with Crippen molar-refractivity contribution >= 4 is 23.2 Å². The molecule has 0 radical (unpaired) electrons. The van der Waals surface area contributed by atoms with E-state index in [4.69, 9.17) is 5.73 Å². The second-order valence-electron chi connectivity index (χ2n) is 1.58. The van der Waals surface area contributed by atoms with Crippen molar-refractivity contribution in [1.29, 1.82) is 0 Å². The molecule has 0 saturated carbocycles. The van der Waals surface area contributed by atoms with E-state index in [2.05, 4.69) is 21.7 Å². The molecule has 1 aromatic heterocycles. The molecule has 2 N–H and O–H groups in total. The Labute approximate surface area is 62.3 Å². The lowest BCUT2D eigenvalue weighted by Crippen LogP contribution is -1.88. The molecule has 0 aliphatic heterocycles. The van der Waals surface area contributed by atoms with Crippen molar-refractivity contribution in [2.75, 3.05) is 5.73 Å². The first-order valence-electron chi connectivity index (χ1n) is 2.61. The van der Waals surface area contributed by atoms with Gasteiger partial charge < -0.3 is 10.6 Å². The quantitative estimate of drug-likeness (QED) is 0.523. The van der Waals surface area contributed by atoms with Crippen LogP contribution < -0.4 is 5.73 Å². The molecule has 0 saturated heterocycles. The van der Waals surface area contributed by atoms with Crippen LogP contribution in [0.3, 0.4) is 0 Å². The molecule has 0 aromatic carbocycles. The first-order chi connectivity index (χ1) is 4.83. The van der Waals surface area contributed by atoms with Gasteiger partial charge >= 0.3 is 0 Å². The van der Waals surface area contributed by atoms with E-state index >= 15 is 0 Å². The van der Waals surface area contributed by atoms with Gasteiger partial charge in [-0.25, -0.2) is 4.98 Å². The van der Waals surface area contributed by atoms with Crippen LogP contribution in [0.1, 0.15) is 5.69 Å². The molecular formula is C5H7N3OS. The fourth-order valence-corrected chi connectivity index (χ4v) is 1.05. The third-order valence-electron chi connectivity index (χ3n) is 0.873. The second kappa shape index (κ2) is 3.17. The summed E-state index contributed by atoms with van der Waals surface area (Å²) in [7, 11) is 0. The van der Waals surface area contributed by atoms with Crippen LogP contribution in [0.15, 0.2) is 10.5 Å². The molecule has 4 nitrogen and oxygen atoms in total. The van der Waals surface area contributed by atoms with Gasteiger partial charge in [0, 0.05) is 12.1 Å². The molecule has 0 fully saturated rings. The largest absolute Gasteiger partial charge is 0.390 e. The van der Waals surface area contributed by atoms with Crippen LogP contribution in [0.5, 0.6) is 0 Å². The molecule has 0 unspecified atom stereocenters. The van der Waals surface area contributed by atoms with Gasteiger partial charge in [0.1, 0.15) is 0 Å². The third-order valence-corrected chi connectivity index (χ3v) is 1.60. The summed E-state index contributed by atoms with van der Waals surface area (Å²) in [5, 5.41) is 5.58. The third kappa shape index (κ3) is 1.70. The summed E-state index contributed by atoms with van der Waals surface area (Å²) in [5.74, 6) is 0. The molecule has 0 spiro atoms. The van der Waals surface area contributed by atoms with E-state index in [9.17, 15) is 0 Å². The van der Waals surface area contributed by atoms with Crippen molar-refractivity contribution < 1.29 is 4.84 Å². The highest BCUT2D eigenvalue weighted by atomic mass is 32.1. The summed E-state index contributed by atoms with van der Waals surface area (Å²) < 4.78 is 0. The zero-order chi connectivity index (χ0) is 7.40. The van der Waals surface area contributed by atoms with Crippen LogP contribution >= 0.6 is 11.3 Å². The fraction of sp³-hybridized carbons (Fsp3) is 0.200. The first kappa shape index (κ1) is 7.01. The van der Waals surface area contributed by atoms with Gasteiger partial charge in [0.15, 0.2) is 11.7 Å². The SMILES string of the molecule is C=NOCc1csc(N)n1. The zero-order valence-electron chi connectivity index (χ0n) is 5.28. The van der Waals surface area contributed by atoms with Crippen LogP contribution in [0, 0.1) is 0 Å². The lowest BCUT2D eigenvalue weighted by atomic mass is 10.5. The van der Waals surface area contributed by atoms with E-state index in [-0.39, 0.29) is 0 Å². The van der Waals surface area contributed by atoms with E-state index in [1.165, 1.54) is 11.3 Å². The van der Waals surface area contributed by atoms with Gasteiger partial charge in [0.25, 0.3) is 0 Å². The number of hydrogen-bond acceptors (Lipinski definition) is 5. The van der Waals surface area contributed by atoms with Crippen molar-refractivity contribution in [3.05, 3.63) is 11.1 Å². The maximum atomic E-state index is 5.36. The Bertz CT molecular complexity index is 222. The standard InChI is InChI=1S/C5H7N3OS/c1-7-9-2-4-3-10-5(6)8-4/h3H,1-2H2,(H2,6,8). The van der Waals surface area contributed by atoms with E-state index in [1.807, 2.05) is 5.38 Å². The van der Waals surface area contributed by atoms with Gasteiger partial charge in [-0.3, -0.25) is 0 Å². The fourth-order valence-electron chi connectivity index (χ4n) is 0.501. The van der Waals surface area contributed by atoms with Gasteiger partial charge in [0.2, 0.25) is 0 Å². The van der Waals surface area contributed by atoms with Gasteiger partial charge in [-0.05, 0) is 0 Å². The Morgan fingerprint density at radius 3 is 3.20 bits per heavy atom. The highest BCUT2D eigenvalue weighted by Crippen LogP contribution is 2.11. The number of nitrogens with two attached hydrogens (primary N) is 1. The average Bonchev–Trinajstić information content (AvgIpc) is 2.31. The molecule has 0 amide bonds. The molecule has 54 valence electrons. The minimum Gasteiger partial charge on any atom is -0.390 e. The Balaban J connectivity index is 2.49. The van der Waals surface area contributed by atoms with Crippen LogP contribution in [0.4, 0.5) is 5.13 Å². The average molecular weight is 157 g/mol. The van der Waals surface area contributed by atoms with Crippen molar-refractivity contribution in [2.24, 2.45) is 5.16 Å². The van der Waals surface area contributed by atoms with Gasteiger partial charge in [0.05, 0.1) is 5.69 Å². The van der Waals surface area contributed by atoms with Crippen LogP contribution in [-0.2, 0) is 11.4 Å². The monoisotopic (exact) mass is 157 g/mol. The minimum atomic E-state index is 0.344. The number of nitrogens with zero attached hydrogens (tertiary/aromatic N) is 2. The van der Waals surface area contributed by atoms with Crippen molar-refractivity contribution in [2.45, 2.75) is 6.61 Å². The summed E-state index contributed by atoms with van der Waals surface area (Å²) >= 11 is 1.38. The predicted molar refractivity (Wildman–Crippen MR) is 40.9 cm³/mol. The topological polar surface area (TPSA) is 60.5 Å². The number of thiazole rings is 1. The number of oxime groups is 1. The molecule has 10 heavy (non-hydrogen) atoms. The maximum Gasteiger partial charge on any atom is 0.180 e. The number of nitrogen functional groups attached to an aromatic ring is 1. The summed E-state index contributed by atoms with van der Waals surface area (Å²) in [6, 6.07) is 0.